The van der Waals surface area contributed by atoms with Gasteiger partial charge in [0.1, 0.15) is 12.1 Å². The summed E-state index contributed by atoms with van der Waals surface area (Å²) in [5, 5.41) is 10.7. The topological polar surface area (TPSA) is 69.9 Å². The number of carbonyl (C=O) groups excluding carboxylic acids is 1. The first-order valence-electron chi connectivity index (χ1n) is 4.05. The van der Waals surface area contributed by atoms with Gasteiger partial charge in [-0.15, -0.1) is 17.7 Å². The van der Waals surface area contributed by atoms with Crippen molar-refractivity contribution in [1.82, 2.24) is 20.2 Å². The molecule has 0 bridgehead atoms. The fourth-order valence-electron chi connectivity index (χ4n) is 0.798. The predicted molar refractivity (Wildman–Crippen MR) is 50.9 cm³/mol. The van der Waals surface area contributed by atoms with Crippen LogP contribution in [-0.4, -0.2) is 31.8 Å². The number of aromatic nitrogens is 4. The van der Waals surface area contributed by atoms with E-state index in [-0.39, 0.29) is 17.7 Å². The van der Waals surface area contributed by atoms with Gasteiger partial charge in [0.05, 0.1) is 0 Å². The smallest absolute Gasteiger partial charge is 0.328 e. The van der Waals surface area contributed by atoms with Gasteiger partial charge in [-0.3, -0.25) is 4.79 Å². The maximum Gasteiger partial charge on any atom is 0.328 e. The molecule has 0 spiro atoms. The molecule has 0 aliphatic carbocycles. The minimum atomic E-state index is -0.498. The first kappa shape index (κ1) is 11.0. The lowest BCUT2D eigenvalue weighted by Crippen LogP contribution is -2.27. The van der Waals surface area contributed by atoms with Crippen molar-refractivity contribution in [2.75, 3.05) is 0 Å². The SMILES string of the molecule is CC(C)(C)OC(=O)Cn1nnnc1S. The summed E-state index contributed by atoms with van der Waals surface area (Å²) >= 11 is 3.95. The maximum atomic E-state index is 11.3. The molecule has 1 aromatic rings. The lowest BCUT2D eigenvalue weighted by Gasteiger charge is -2.19. The molecule has 0 unspecified atom stereocenters. The molecule has 0 aliphatic heterocycles. The van der Waals surface area contributed by atoms with E-state index in [9.17, 15) is 4.79 Å². The number of carbonyl (C=O) groups is 1. The highest BCUT2D eigenvalue weighted by Gasteiger charge is 2.17. The van der Waals surface area contributed by atoms with Gasteiger partial charge < -0.3 is 4.74 Å². The van der Waals surface area contributed by atoms with E-state index in [1.807, 2.05) is 0 Å². The van der Waals surface area contributed by atoms with Gasteiger partial charge >= 0.3 is 5.97 Å². The summed E-state index contributed by atoms with van der Waals surface area (Å²) < 4.78 is 6.34. The van der Waals surface area contributed by atoms with Crippen LogP contribution in [0.4, 0.5) is 0 Å². The van der Waals surface area contributed by atoms with E-state index in [0.29, 0.717) is 0 Å². The van der Waals surface area contributed by atoms with E-state index in [4.69, 9.17) is 4.74 Å². The van der Waals surface area contributed by atoms with E-state index in [1.54, 1.807) is 20.8 Å². The number of hydrogen-bond acceptors (Lipinski definition) is 6. The van der Waals surface area contributed by atoms with Crippen molar-refractivity contribution >= 4 is 18.6 Å². The third-order valence-corrected chi connectivity index (χ3v) is 1.53. The molecule has 1 rings (SSSR count). The zero-order chi connectivity index (χ0) is 10.8. The summed E-state index contributed by atoms with van der Waals surface area (Å²) in [7, 11) is 0. The standard InChI is InChI=1S/C7H12N4O2S/c1-7(2,3)13-5(12)4-11-6(14)8-9-10-11/h4H2,1-3H3,(H,8,10,14). The number of esters is 1. The van der Waals surface area contributed by atoms with Gasteiger partial charge in [0.15, 0.2) is 0 Å². The zero-order valence-corrected chi connectivity index (χ0v) is 9.15. The first-order valence-corrected chi connectivity index (χ1v) is 4.50. The van der Waals surface area contributed by atoms with Crippen LogP contribution in [0.2, 0.25) is 0 Å². The highest BCUT2D eigenvalue weighted by Crippen LogP contribution is 2.08. The Hall–Kier alpha value is -1.11. The van der Waals surface area contributed by atoms with Crippen LogP contribution in [0.25, 0.3) is 0 Å². The van der Waals surface area contributed by atoms with Crippen LogP contribution in [0.1, 0.15) is 20.8 Å². The molecule has 78 valence electrons. The Morgan fingerprint density at radius 1 is 1.57 bits per heavy atom. The molecule has 0 aromatic carbocycles. The van der Waals surface area contributed by atoms with Crippen molar-refractivity contribution in [3.63, 3.8) is 0 Å². The van der Waals surface area contributed by atoms with Crippen LogP contribution in [0.3, 0.4) is 0 Å². The average molecular weight is 216 g/mol. The van der Waals surface area contributed by atoms with Crippen molar-refractivity contribution in [3.8, 4) is 0 Å². The van der Waals surface area contributed by atoms with Crippen LogP contribution < -0.4 is 0 Å². The molecule has 0 N–H and O–H groups in total. The lowest BCUT2D eigenvalue weighted by atomic mass is 10.2. The van der Waals surface area contributed by atoms with Crippen LogP contribution in [0.5, 0.6) is 0 Å². The number of nitrogens with zero attached hydrogens (tertiary/aromatic N) is 4. The van der Waals surface area contributed by atoms with Crippen molar-refractivity contribution < 1.29 is 9.53 Å². The summed E-state index contributed by atoms with van der Waals surface area (Å²) in [6.07, 6.45) is 0. The number of hydrogen-bond donors (Lipinski definition) is 1. The highest BCUT2D eigenvalue weighted by atomic mass is 32.1. The van der Waals surface area contributed by atoms with E-state index < -0.39 is 5.60 Å². The molecule has 14 heavy (non-hydrogen) atoms. The Bertz CT molecular complexity index is 331. The molecule has 1 aromatic heterocycles. The first-order chi connectivity index (χ1) is 6.38. The van der Waals surface area contributed by atoms with Gasteiger partial charge in [0.25, 0.3) is 0 Å². The van der Waals surface area contributed by atoms with Crippen LogP contribution in [-0.2, 0) is 16.1 Å². The zero-order valence-electron chi connectivity index (χ0n) is 8.26. The molecule has 0 atom stereocenters. The Kier molecular flexibility index (Phi) is 3.10. The second-order valence-electron chi connectivity index (χ2n) is 3.72. The van der Waals surface area contributed by atoms with E-state index in [2.05, 4.69) is 28.2 Å². The van der Waals surface area contributed by atoms with Crippen molar-refractivity contribution in [2.24, 2.45) is 0 Å². The Morgan fingerprint density at radius 2 is 2.21 bits per heavy atom. The van der Waals surface area contributed by atoms with Crippen LogP contribution in [0, 0.1) is 0 Å². The van der Waals surface area contributed by atoms with Crippen molar-refractivity contribution in [3.05, 3.63) is 0 Å². The van der Waals surface area contributed by atoms with Gasteiger partial charge in [-0.2, -0.15) is 0 Å². The normalized spacial score (nSPS) is 11.4. The molecule has 0 radical (unpaired) electrons. The molecular formula is C7H12N4O2S. The van der Waals surface area contributed by atoms with E-state index in [1.165, 1.54) is 4.68 Å². The number of ether oxygens (including phenoxy) is 1. The third-order valence-electron chi connectivity index (χ3n) is 1.21. The highest BCUT2D eigenvalue weighted by molar-refractivity contribution is 7.80. The number of rotatable bonds is 2. The molecule has 0 amide bonds. The molecule has 0 aliphatic rings. The molecule has 6 nitrogen and oxygen atoms in total. The van der Waals surface area contributed by atoms with E-state index >= 15 is 0 Å². The van der Waals surface area contributed by atoms with Gasteiger partial charge in [-0.25, -0.2) is 4.68 Å². The van der Waals surface area contributed by atoms with Crippen LogP contribution in [0.15, 0.2) is 5.16 Å². The third kappa shape index (κ3) is 3.33. The summed E-state index contributed by atoms with van der Waals surface area (Å²) in [6.45, 7) is 5.37. The Morgan fingerprint density at radius 3 is 2.64 bits per heavy atom. The van der Waals surface area contributed by atoms with Gasteiger partial charge in [-0.05, 0) is 31.2 Å². The fourth-order valence-corrected chi connectivity index (χ4v) is 0.949. The summed E-state index contributed by atoms with van der Waals surface area (Å²) in [4.78, 5) is 11.3. The summed E-state index contributed by atoms with van der Waals surface area (Å²) in [5.74, 6) is -0.389. The van der Waals surface area contributed by atoms with Gasteiger partial charge in [0.2, 0.25) is 5.16 Å². The average Bonchev–Trinajstić information content (AvgIpc) is 2.32. The Balaban J connectivity index is 2.54. The Labute approximate surface area is 87.0 Å². The van der Waals surface area contributed by atoms with Crippen molar-refractivity contribution in [2.45, 2.75) is 38.1 Å². The monoisotopic (exact) mass is 216 g/mol. The van der Waals surface area contributed by atoms with E-state index in [0.717, 1.165) is 0 Å². The molecule has 0 saturated carbocycles. The second kappa shape index (κ2) is 3.95. The van der Waals surface area contributed by atoms with Crippen LogP contribution >= 0.6 is 12.6 Å². The number of tetrazole rings is 1. The molecule has 0 fully saturated rings. The second-order valence-corrected chi connectivity index (χ2v) is 4.12. The minimum Gasteiger partial charge on any atom is -0.459 e. The predicted octanol–water partition coefficient (Wildman–Crippen LogP) is 0.303. The largest absolute Gasteiger partial charge is 0.459 e. The minimum absolute atomic E-state index is 0.0247. The summed E-state index contributed by atoms with van der Waals surface area (Å²) in [6, 6.07) is 0. The van der Waals surface area contributed by atoms with Gasteiger partial charge in [-0.1, -0.05) is 0 Å². The molecule has 7 heteroatoms. The summed E-state index contributed by atoms with van der Waals surface area (Å²) in [5.41, 5.74) is -0.498. The fraction of sp³-hybridized carbons (Fsp3) is 0.714. The lowest BCUT2D eigenvalue weighted by molar-refractivity contribution is -0.155. The molecule has 1 heterocycles. The quantitative estimate of drug-likeness (QED) is 0.569. The molecule has 0 saturated heterocycles. The van der Waals surface area contributed by atoms with Crippen molar-refractivity contribution in [1.29, 1.82) is 0 Å². The van der Waals surface area contributed by atoms with Gasteiger partial charge in [0, 0.05) is 0 Å². The number of thiol groups is 1. The molecular weight excluding hydrogens is 204 g/mol. The maximum absolute atomic E-state index is 11.3.